The Labute approximate surface area is 97.2 Å². The van der Waals surface area contributed by atoms with E-state index in [0.717, 1.165) is 6.07 Å². The number of hydrogen-bond donors (Lipinski definition) is 2. The van der Waals surface area contributed by atoms with Gasteiger partial charge in [-0.15, -0.1) is 0 Å². The van der Waals surface area contributed by atoms with Crippen LogP contribution in [-0.4, -0.2) is 5.91 Å². The van der Waals surface area contributed by atoms with Crippen molar-refractivity contribution in [3.05, 3.63) is 47.7 Å². The summed E-state index contributed by atoms with van der Waals surface area (Å²) in [5.41, 5.74) is 6.52. The molecule has 1 amide bonds. The number of hydrogen-bond acceptors (Lipinski definition) is 3. The monoisotopic (exact) mass is 234 g/mol. The zero-order chi connectivity index (χ0) is 12.4. The maximum absolute atomic E-state index is 12.8. The van der Waals surface area contributed by atoms with Crippen molar-refractivity contribution in [3.63, 3.8) is 0 Å². The smallest absolute Gasteiger partial charge is 0.258 e. The molecule has 0 aliphatic heterocycles. The molecule has 0 atom stereocenters. The summed E-state index contributed by atoms with van der Waals surface area (Å²) in [5.74, 6) is -0.151. The Kier molecular flexibility index (Phi) is 2.82. The largest absolute Gasteiger partial charge is 0.469 e. The number of furan rings is 1. The van der Waals surface area contributed by atoms with Gasteiger partial charge in [0, 0.05) is 0 Å². The van der Waals surface area contributed by atoms with Crippen LogP contribution in [0.15, 0.2) is 34.9 Å². The average Bonchev–Trinajstić information content (AvgIpc) is 2.69. The van der Waals surface area contributed by atoms with Gasteiger partial charge in [0.05, 0.1) is 16.9 Å². The van der Waals surface area contributed by atoms with Gasteiger partial charge >= 0.3 is 0 Å². The van der Waals surface area contributed by atoms with Gasteiger partial charge in [-0.25, -0.2) is 4.39 Å². The summed E-state index contributed by atoms with van der Waals surface area (Å²) in [6.07, 6.45) is 1.35. The van der Waals surface area contributed by atoms with Crippen LogP contribution in [0.1, 0.15) is 16.1 Å². The topological polar surface area (TPSA) is 68.3 Å². The molecule has 0 spiro atoms. The van der Waals surface area contributed by atoms with Gasteiger partial charge in [-0.1, -0.05) is 0 Å². The Hall–Kier alpha value is -2.30. The molecule has 0 aliphatic carbocycles. The van der Waals surface area contributed by atoms with E-state index in [0.29, 0.717) is 17.0 Å². The second-order valence-corrected chi connectivity index (χ2v) is 3.63. The molecule has 2 aromatic rings. The van der Waals surface area contributed by atoms with Gasteiger partial charge in [0.2, 0.25) is 0 Å². The van der Waals surface area contributed by atoms with Gasteiger partial charge in [0.25, 0.3) is 5.91 Å². The summed E-state index contributed by atoms with van der Waals surface area (Å²) in [5, 5.41) is 2.58. The average molecular weight is 234 g/mol. The minimum absolute atomic E-state index is 0.179. The number of benzene rings is 1. The molecule has 3 N–H and O–H groups in total. The van der Waals surface area contributed by atoms with Crippen molar-refractivity contribution in [2.24, 2.45) is 0 Å². The van der Waals surface area contributed by atoms with Crippen molar-refractivity contribution in [1.82, 2.24) is 0 Å². The van der Waals surface area contributed by atoms with Crippen molar-refractivity contribution in [1.29, 1.82) is 0 Å². The van der Waals surface area contributed by atoms with E-state index in [1.54, 1.807) is 13.0 Å². The molecule has 0 saturated heterocycles. The van der Waals surface area contributed by atoms with Gasteiger partial charge < -0.3 is 15.5 Å². The van der Waals surface area contributed by atoms with Crippen molar-refractivity contribution < 1.29 is 13.6 Å². The molecule has 1 aromatic heterocycles. The Morgan fingerprint density at radius 2 is 2.18 bits per heavy atom. The molecule has 1 aromatic carbocycles. The Morgan fingerprint density at radius 1 is 1.41 bits per heavy atom. The van der Waals surface area contributed by atoms with Crippen LogP contribution in [0.3, 0.4) is 0 Å². The minimum Gasteiger partial charge on any atom is -0.469 e. The summed E-state index contributed by atoms with van der Waals surface area (Å²) in [4.78, 5) is 11.7. The summed E-state index contributed by atoms with van der Waals surface area (Å²) < 4.78 is 17.8. The molecule has 0 bridgehead atoms. The zero-order valence-electron chi connectivity index (χ0n) is 9.16. The number of nitrogens with one attached hydrogen (secondary N) is 1. The maximum Gasteiger partial charge on any atom is 0.258 e. The predicted octanol–water partition coefficient (Wildman–Crippen LogP) is 2.56. The molecular weight excluding hydrogens is 223 g/mol. The number of carbonyl (C=O) groups excluding carboxylic acids is 1. The van der Waals surface area contributed by atoms with Crippen LogP contribution in [0.2, 0.25) is 0 Å². The molecule has 0 unspecified atom stereocenters. The third kappa shape index (κ3) is 2.44. The number of amides is 1. The predicted molar refractivity (Wildman–Crippen MR) is 62.2 cm³/mol. The highest BCUT2D eigenvalue weighted by Crippen LogP contribution is 2.20. The zero-order valence-corrected chi connectivity index (χ0v) is 9.16. The second-order valence-electron chi connectivity index (χ2n) is 3.63. The lowest BCUT2D eigenvalue weighted by molar-refractivity contribution is 0.102. The molecule has 0 saturated carbocycles. The molecule has 2 rings (SSSR count). The van der Waals surface area contributed by atoms with Gasteiger partial charge in [-0.2, -0.15) is 0 Å². The highest BCUT2D eigenvalue weighted by atomic mass is 19.1. The molecular formula is C12H11FN2O2. The number of nitrogens with two attached hydrogens (primary N) is 1. The fourth-order valence-electron chi connectivity index (χ4n) is 1.40. The van der Waals surface area contributed by atoms with E-state index < -0.39 is 5.82 Å². The molecule has 88 valence electrons. The van der Waals surface area contributed by atoms with Gasteiger partial charge in [0.1, 0.15) is 17.8 Å². The van der Waals surface area contributed by atoms with E-state index in [1.165, 1.54) is 18.4 Å². The second kappa shape index (κ2) is 4.29. The molecule has 1 heterocycles. The molecule has 5 heteroatoms. The molecule has 0 radical (unpaired) electrons. The molecule has 0 fully saturated rings. The third-order valence-corrected chi connectivity index (χ3v) is 2.25. The van der Waals surface area contributed by atoms with E-state index >= 15 is 0 Å². The van der Waals surface area contributed by atoms with Crippen LogP contribution in [0.25, 0.3) is 0 Å². The van der Waals surface area contributed by atoms with Crippen molar-refractivity contribution >= 4 is 17.3 Å². The summed E-state index contributed by atoms with van der Waals surface area (Å²) in [7, 11) is 0. The number of nitrogen functional groups attached to an aromatic ring is 1. The van der Waals surface area contributed by atoms with E-state index in [2.05, 4.69) is 5.32 Å². The fourth-order valence-corrected chi connectivity index (χ4v) is 1.40. The first-order chi connectivity index (χ1) is 8.06. The number of carbonyl (C=O) groups is 1. The minimum atomic E-state index is -0.445. The van der Waals surface area contributed by atoms with E-state index in [4.69, 9.17) is 10.2 Å². The molecule has 17 heavy (non-hydrogen) atoms. The molecule has 4 nitrogen and oxygen atoms in total. The first-order valence-electron chi connectivity index (χ1n) is 4.98. The number of rotatable bonds is 2. The SMILES string of the molecule is Cc1cc(C(=O)Nc2ccc(F)cc2N)co1. The third-order valence-electron chi connectivity index (χ3n) is 2.25. The van der Waals surface area contributed by atoms with Crippen LogP contribution in [0, 0.1) is 12.7 Å². The number of aryl methyl sites for hydroxylation is 1. The normalized spacial score (nSPS) is 10.2. The van der Waals surface area contributed by atoms with E-state index in [9.17, 15) is 9.18 Å². The van der Waals surface area contributed by atoms with Gasteiger partial charge in [-0.3, -0.25) is 4.79 Å². The lowest BCUT2D eigenvalue weighted by atomic mass is 10.2. The summed E-state index contributed by atoms with van der Waals surface area (Å²) in [6.45, 7) is 1.74. The summed E-state index contributed by atoms with van der Waals surface area (Å²) >= 11 is 0. The van der Waals surface area contributed by atoms with Crippen molar-refractivity contribution in [2.45, 2.75) is 6.92 Å². The first kappa shape index (κ1) is 11.2. The fraction of sp³-hybridized carbons (Fsp3) is 0.0833. The maximum atomic E-state index is 12.8. The van der Waals surface area contributed by atoms with Crippen LogP contribution in [0.5, 0.6) is 0 Å². The van der Waals surface area contributed by atoms with Gasteiger partial charge in [-0.05, 0) is 31.2 Å². The highest BCUT2D eigenvalue weighted by Gasteiger charge is 2.10. The Morgan fingerprint density at radius 3 is 2.76 bits per heavy atom. The van der Waals surface area contributed by atoms with Crippen molar-refractivity contribution in [2.75, 3.05) is 11.1 Å². The number of anilines is 2. The Bertz CT molecular complexity index is 563. The molecule has 0 aliphatic rings. The highest BCUT2D eigenvalue weighted by molar-refractivity contribution is 6.05. The van der Waals surface area contributed by atoms with Crippen LogP contribution >= 0.6 is 0 Å². The lowest BCUT2D eigenvalue weighted by Crippen LogP contribution is -2.12. The Balaban J connectivity index is 2.18. The van der Waals surface area contributed by atoms with Crippen LogP contribution in [0.4, 0.5) is 15.8 Å². The standard InChI is InChI=1S/C12H11FN2O2/c1-7-4-8(6-17-7)12(16)15-11-3-2-9(13)5-10(11)14/h2-6H,14H2,1H3,(H,15,16). The van der Waals surface area contributed by atoms with Crippen LogP contribution in [-0.2, 0) is 0 Å². The lowest BCUT2D eigenvalue weighted by Gasteiger charge is -2.06. The van der Waals surface area contributed by atoms with E-state index in [-0.39, 0.29) is 11.6 Å². The van der Waals surface area contributed by atoms with Crippen molar-refractivity contribution in [3.8, 4) is 0 Å². The van der Waals surface area contributed by atoms with E-state index in [1.807, 2.05) is 0 Å². The quantitative estimate of drug-likeness (QED) is 0.784. The van der Waals surface area contributed by atoms with Gasteiger partial charge in [0.15, 0.2) is 0 Å². The first-order valence-corrected chi connectivity index (χ1v) is 4.98. The summed E-state index contributed by atoms with van der Waals surface area (Å²) in [6, 6.07) is 5.40. The van der Waals surface area contributed by atoms with Crippen LogP contribution < -0.4 is 11.1 Å². The number of halogens is 1.